The highest BCUT2D eigenvalue weighted by molar-refractivity contribution is 6.35. The topological polar surface area (TPSA) is 66.4 Å². The van der Waals surface area contributed by atoms with Crippen molar-refractivity contribution < 1.29 is 14.7 Å². The number of hydrogen-bond acceptors (Lipinski definition) is 2. The fraction of sp³-hybridized carbons (Fsp3) is 0.273. The van der Waals surface area contributed by atoms with E-state index in [1.165, 1.54) is 19.1 Å². The third kappa shape index (κ3) is 3.91. The fourth-order valence-electron chi connectivity index (χ4n) is 1.10. The molecule has 1 unspecified atom stereocenters. The van der Waals surface area contributed by atoms with Gasteiger partial charge in [0.2, 0.25) is 0 Å². The molecule has 1 aromatic carbocycles. The summed E-state index contributed by atoms with van der Waals surface area (Å²) in [6.07, 6.45) is 0. The SMILES string of the molecule is CC(CNC(=O)c1cc(Cl)ccc1Cl)C(=O)O. The number of nitrogens with one attached hydrogen (secondary N) is 1. The first-order valence-corrected chi connectivity index (χ1v) is 5.63. The molecule has 0 aromatic heterocycles. The van der Waals surface area contributed by atoms with E-state index in [1.807, 2.05) is 0 Å². The number of aliphatic carboxylic acids is 1. The van der Waals surface area contributed by atoms with E-state index in [-0.39, 0.29) is 17.1 Å². The molecule has 0 aliphatic carbocycles. The first-order chi connectivity index (χ1) is 7.91. The molecule has 1 rings (SSSR count). The smallest absolute Gasteiger partial charge is 0.308 e. The summed E-state index contributed by atoms with van der Waals surface area (Å²) in [5.41, 5.74) is 0.233. The Bertz CT molecular complexity index is 448. The first kappa shape index (κ1) is 13.8. The van der Waals surface area contributed by atoms with Crippen molar-refractivity contribution >= 4 is 35.1 Å². The van der Waals surface area contributed by atoms with Crippen molar-refractivity contribution in [2.75, 3.05) is 6.54 Å². The zero-order chi connectivity index (χ0) is 13.0. The maximum atomic E-state index is 11.7. The zero-order valence-electron chi connectivity index (χ0n) is 9.04. The molecule has 1 amide bonds. The lowest BCUT2D eigenvalue weighted by Crippen LogP contribution is -2.31. The van der Waals surface area contributed by atoms with Gasteiger partial charge in [-0.2, -0.15) is 0 Å². The van der Waals surface area contributed by atoms with Gasteiger partial charge in [-0.05, 0) is 18.2 Å². The predicted octanol–water partition coefficient (Wildman–Crippen LogP) is 2.44. The van der Waals surface area contributed by atoms with Gasteiger partial charge in [0.15, 0.2) is 0 Å². The first-order valence-electron chi connectivity index (χ1n) is 4.88. The predicted molar refractivity (Wildman–Crippen MR) is 65.6 cm³/mol. The van der Waals surface area contributed by atoms with Crippen molar-refractivity contribution in [3.8, 4) is 0 Å². The van der Waals surface area contributed by atoms with Crippen molar-refractivity contribution in [3.05, 3.63) is 33.8 Å². The van der Waals surface area contributed by atoms with E-state index in [0.29, 0.717) is 5.02 Å². The second kappa shape index (κ2) is 5.89. The number of carboxylic acids is 1. The van der Waals surface area contributed by atoms with Crippen LogP contribution in [0.4, 0.5) is 0 Å². The zero-order valence-corrected chi connectivity index (χ0v) is 10.5. The molecular formula is C11H11Cl2NO3. The monoisotopic (exact) mass is 275 g/mol. The average molecular weight is 276 g/mol. The Kier molecular flexibility index (Phi) is 4.78. The van der Waals surface area contributed by atoms with Crippen LogP contribution in [0.15, 0.2) is 18.2 Å². The molecule has 6 heteroatoms. The van der Waals surface area contributed by atoms with Gasteiger partial charge >= 0.3 is 5.97 Å². The van der Waals surface area contributed by atoms with Gasteiger partial charge in [0.25, 0.3) is 5.91 Å². The van der Waals surface area contributed by atoms with Gasteiger partial charge in [0.05, 0.1) is 16.5 Å². The molecule has 1 atom stereocenters. The number of carbonyl (C=O) groups excluding carboxylic acids is 1. The molecule has 0 heterocycles. The molecule has 0 aliphatic heterocycles. The highest BCUT2D eigenvalue weighted by Gasteiger charge is 2.15. The van der Waals surface area contributed by atoms with Crippen molar-refractivity contribution in [1.29, 1.82) is 0 Å². The molecular weight excluding hydrogens is 265 g/mol. The van der Waals surface area contributed by atoms with Crippen molar-refractivity contribution in [1.82, 2.24) is 5.32 Å². The van der Waals surface area contributed by atoms with Crippen molar-refractivity contribution in [2.24, 2.45) is 5.92 Å². The molecule has 0 bridgehead atoms. The molecule has 0 saturated heterocycles. The summed E-state index contributed by atoms with van der Waals surface area (Å²) in [6, 6.07) is 4.52. The summed E-state index contributed by atoms with van der Waals surface area (Å²) in [5, 5.41) is 11.8. The van der Waals surface area contributed by atoms with Crippen LogP contribution in [0, 0.1) is 5.92 Å². The number of amides is 1. The maximum Gasteiger partial charge on any atom is 0.308 e. The van der Waals surface area contributed by atoms with Crippen LogP contribution in [0.5, 0.6) is 0 Å². The van der Waals surface area contributed by atoms with Crippen LogP contribution in [-0.2, 0) is 4.79 Å². The summed E-state index contributed by atoms with van der Waals surface area (Å²) in [4.78, 5) is 22.3. The maximum absolute atomic E-state index is 11.7. The lowest BCUT2D eigenvalue weighted by Gasteiger charge is -2.09. The number of carbonyl (C=O) groups is 2. The molecule has 0 radical (unpaired) electrons. The third-order valence-electron chi connectivity index (χ3n) is 2.16. The van der Waals surface area contributed by atoms with Gasteiger partial charge in [-0.15, -0.1) is 0 Å². The number of halogens is 2. The molecule has 4 nitrogen and oxygen atoms in total. The second-order valence-corrected chi connectivity index (χ2v) is 4.42. The Labute approximate surface area is 109 Å². The van der Waals surface area contributed by atoms with Crippen LogP contribution in [0.1, 0.15) is 17.3 Å². The Hall–Kier alpha value is -1.26. The minimum atomic E-state index is -0.970. The van der Waals surface area contributed by atoms with Crippen LogP contribution in [-0.4, -0.2) is 23.5 Å². The van der Waals surface area contributed by atoms with Crippen molar-refractivity contribution in [3.63, 3.8) is 0 Å². The molecule has 0 aliphatic rings. The van der Waals surface area contributed by atoms with Gasteiger partial charge in [-0.1, -0.05) is 30.1 Å². The number of hydrogen-bond donors (Lipinski definition) is 2. The molecule has 2 N–H and O–H groups in total. The Balaban J connectivity index is 2.70. The van der Waals surface area contributed by atoms with Crippen LogP contribution in [0.25, 0.3) is 0 Å². The van der Waals surface area contributed by atoms with E-state index < -0.39 is 17.8 Å². The normalized spacial score (nSPS) is 11.9. The molecule has 1 aromatic rings. The van der Waals surface area contributed by atoms with Gasteiger partial charge < -0.3 is 10.4 Å². The highest BCUT2D eigenvalue weighted by Crippen LogP contribution is 2.20. The average Bonchev–Trinajstić information content (AvgIpc) is 2.28. The fourth-order valence-corrected chi connectivity index (χ4v) is 1.48. The van der Waals surface area contributed by atoms with Gasteiger partial charge in [0.1, 0.15) is 0 Å². The van der Waals surface area contributed by atoms with E-state index in [0.717, 1.165) is 0 Å². The molecule has 0 saturated carbocycles. The minimum absolute atomic E-state index is 0.0387. The van der Waals surface area contributed by atoms with E-state index in [2.05, 4.69) is 5.32 Å². The van der Waals surface area contributed by atoms with Crippen LogP contribution >= 0.6 is 23.2 Å². The Morgan fingerprint density at radius 1 is 1.41 bits per heavy atom. The van der Waals surface area contributed by atoms with Crippen LogP contribution < -0.4 is 5.32 Å². The number of carboxylic acid groups (broad SMARTS) is 1. The summed E-state index contributed by atoms with van der Waals surface area (Å²) >= 11 is 11.6. The van der Waals surface area contributed by atoms with E-state index in [9.17, 15) is 9.59 Å². The van der Waals surface area contributed by atoms with E-state index in [4.69, 9.17) is 28.3 Å². The quantitative estimate of drug-likeness (QED) is 0.887. The summed E-state index contributed by atoms with van der Waals surface area (Å²) < 4.78 is 0. The summed E-state index contributed by atoms with van der Waals surface area (Å²) in [6.45, 7) is 1.54. The minimum Gasteiger partial charge on any atom is -0.481 e. The lowest BCUT2D eigenvalue weighted by atomic mass is 10.1. The lowest BCUT2D eigenvalue weighted by molar-refractivity contribution is -0.140. The van der Waals surface area contributed by atoms with Gasteiger partial charge in [-0.25, -0.2) is 0 Å². The van der Waals surface area contributed by atoms with Crippen LogP contribution in [0.2, 0.25) is 10.0 Å². The standard InChI is InChI=1S/C11H11Cl2NO3/c1-6(11(16)17)5-14-10(15)8-4-7(12)2-3-9(8)13/h2-4,6H,5H2,1H3,(H,14,15)(H,16,17). The highest BCUT2D eigenvalue weighted by atomic mass is 35.5. The van der Waals surface area contributed by atoms with Crippen LogP contribution in [0.3, 0.4) is 0 Å². The molecule has 0 spiro atoms. The second-order valence-electron chi connectivity index (χ2n) is 3.57. The van der Waals surface area contributed by atoms with Gasteiger partial charge in [-0.3, -0.25) is 9.59 Å². The summed E-state index contributed by atoms with van der Waals surface area (Å²) in [5.74, 6) is -2.06. The molecule has 17 heavy (non-hydrogen) atoms. The largest absolute Gasteiger partial charge is 0.481 e. The third-order valence-corrected chi connectivity index (χ3v) is 2.73. The number of benzene rings is 1. The van der Waals surface area contributed by atoms with E-state index in [1.54, 1.807) is 6.07 Å². The van der Waals surface area contributed by atoms with E-state index >= 15 is 0 Å². The Morgan fingerprint density at radius 2 is 2.06 bits per heavy atom. The Morgan fingerprint density at radius 3 is 2.65 bits per heavy atom. The molecule has 0 fully saturated rings. The van der Waals surface area contributed by atoms with Crippen molar-refractivity contribution in [2.45, 2.75) is 6.92 Å². The number of rotatable bonds is 4. The van der Waals surface area contributed by atoms with Gasteiger partial charge in [0, 0.05) is 11.6 Å². The molecule has 92 valence electrons. The summed E-state index contributed by atoms with van der Waals surface area (Å²) in [7, 11) is 0.